The van der Waals surface area contributed by atoms with Crippen LogP contribution in [0.4, 0.5) is 0 Å². The lowest BCUT2D eigenvalue weighted by atomic mass is 9.75. The first-order valence-electron chi connectivity index (χ1n) is 22.3. The van der Waals surface area contributed by atoms with Gasteiger partial charge in [0.2, 0.25) is 0 Å². The van der Waals surface area contributed by atoms with Gasteiger partial charge in [0.1, 0.15) is 0 Å². The highest BCUT2D eigenvalue weighted by atomic mass is 14.3. The van der Waals surface area contributed by atoms with Crippen LogP contribution in [0.15, 0.2) is 91.5 Å². The van der Waals surface area contributed by atoms with Crippen LogP contribution in [0, 0.1) is 49.4 Å². The molecule has 0 amide bonds. The summed E-state index contributed by atoms with van der Waals surface area (Å²) >= 11 is 0. The van der Waals surface area contributed by atoms with Crippen molar-refractivity contribution in [2.45, 2.75) is 156 Å². The highest BCUT2D eigenvalue weighted by molar-refractivity contribution is 5.70. The molecule has 6 rings (SSSR count). The van der Waals surface area contributed by atoms with Crippen molar-refractivity contribution in [2.75, 3.05) is 0 Å². The second kappa shape index (κ2) is 19.2. The largest absolute Gasteiger partial charge is 0.0992 e. The molecule has 0 atom stereocenters. The summed E-state index contributed by atoms with van der Waals surface area (Å²) in [6, 6.07) is 24.0. The van der Waals surface area contributed by atoms with E-state index in [0.717, 1.165) is 42.9 Å². The molecule has 0 nitrogen and oxygen atoms in total. The lowest BCUT2D eigenvalue weighted by Crippen LogP contribution is -2.17. The molecular formula is C54H74. The van der Waals surface area contributed by atoms with E-state index in [1.807, 2.05) is 0 Å². The van der Waals surface area contributed by atoms with Crippen LogP contribution >= 0.6 is 0 Å². The topological polar surface area (TPSA) is 0 Å². The molecule has 0 N–H and O–H groups in total. The van der Waals surface area contributed by atoms with Gasteiger partial charge in [0, 0.05) is 0 Å². The van der Waals surface area contributed by atoms with Gasteiger partial charge < -0.3 is 0 Å². The summed E-state index contributed by atoms with van der Waals surface area (Å²) in [5.41, 5.74) is 15.5. The number of rotatable bonds is 15. The highest BCUT2D eigenvalue weighted by Gasteiger charge is 2.26. The molecule has 54 heavy (non-hydrogen) atoms. The molecule has 290 valence electrons. The smallest absolute Gasteiger partial charge is 0.00609 e. The Bertz CT molecular complexity index is 1670. The Balaban J connectivity index is 1.01. The Hall–Kier alpha value is -3.12. The molecule has 3 aromatic rings. The van der Waals surface area contributed by atoms with Gasteiger partial charge in [-0.1, -0.05) is 156 Å². The van der Waals surface area contributed by atoms with Crippen LogP contribution in [0.25, 0.3) is 16.7 Å². The van der Waals surface area contributed by atoms with Crippen molar-refractivity contribution >= 4 is 5.57 Å². The molecular weight excluding hydrogens is 649 g/mol. The Morgan fingerprint density at radius 2 is 1.24 bits per heavy atom. The minimum Gasteiger partial charge on any atom is -0.0992 e. The standard InChI is InChI=1S/C54H74/c1-37(2)10-9-11-44-14-22-48(23-15-44)41(6)33-45-16-24-49(25-17-45)42(7)34-46-18-26-50(27-19-46)51-28-29-52(35-43(8)47-20-12-38(3)13-21-47)54(36-51)53-31-39(4)30-40(5)32-53/h16-17,24-25,28-32,36-38,44,46-48,50H,6-15,18-23,26-27,33-35H2,1-5H3. The fourth-order valence-corrected chi connectivity index (χ4v) is 10.6. The second-order valence-corrected chi connectivity index (χ2v) is 19.2. The maximum absolute atomic E-state index is 4.67. The van der Waals surface area contributed by atoms with Crippen molar-refractivity contribution in [3.8, 4) is 11.1 Å². The molecule has 0 radical (unpaired) electrons. The Labute approximate surface area is 332 Å². The first-order chi connectivity index (χ1) is 26.0. The SMILES string of the molecule is C=C(CC1CCC(c2ccc(CC(=C)C3CCC(C)CC3)c(-c3cc(C)cc(C)c3)c2)CC1)c1ccc(CC(=C)C2CCC(CCCC(C)C)CC2)cc1. The Morgan fingerprint density at radius 1 is 0.648 bits per heavy atom. The fraction of sp³-hybridized carbons (Fsp3) is 0.556. The third-order valence-corrected chi connectivity index (χ3v) is 14.1. The minimum absolute atomic E-state index is 0.642. The maximum Gasteiger partial charge on any atom is -0.00609 e. The van der Waals surface area contributed by atoms with Gasteiger partial charge in [0.15, 0.2) is 0 Å². The van der Waals surface area contributed by atoms with Gasteiger partial charge in [-0.25, -0.2) is 0 Å². The number of hydrogen-bond acceptors (Lipinski definition) is 0. The summed E-state index contributed by atoms with van der Waals surface area (Å²) in [4.78, 5) is 0. The van der Waals surface area contributed by atoms with Crippen molar-refractivity contribution in [3.63, 3.8) is 0 Å². The van der Waals surface area contributed by atoms with Gasteiger partial charge >= 0.3 is 0 Å². The predicted molar refractivity (Wildman–Crippen MR) is 237 cm³/mol. The van der Waals surface area contributed by atoms with E-state index in [0.29, 0.717) is 17.8 Å². The van der Waals surface area contributed by atoms with Crippen molar-refractivity contribution in [1.82, 2.24) is 0 Å². The number of allylic oxidation sites excluding steroid dienone is 3. The van der Waals surface area contributed by atoms with E-state index < -0.39 is 0 Å². The van der Waals surface area contributed by atoms with Crippen LogP contribution in [-0.2, 0) is 12.8 Å². The van der Waals surface area contributed by atoms with E-state index >= 15 is 0 Å². The molecule has 0 saturated heterocycles. The van der Waals surface area contributed by atoms with Gasteiger partial charge in [-0.2, -0.15) is 0 Å². The van der Waals surface area contributed by atoms with E-state index in [4.69, 9.17) is 0 Å². The van der Waals surface area contributed by atoms with Crippen LogP contribution in [0.5, 0.6) is 0 Å². The highest BCUT2D eigenvalue weighted by Crippen LogP contribution is 2.42. The Morgan fingerprint density at radius 3 is 1.87 bits per heavy atom. The van der Waals surface area contributed by atoms with E-state index in [1.54, 1.807) is 0 Å². The summed E-state index contributed by atoms with van der Waals surface area (Å²) in [5, 5.41) is 0. The Kier molecular flexibility index (Phi) is 14.4. The van der Waals surface area contributed by atoms with Gasteiger partial charge in [-0.3, -0.25) is 0 Å². The first-order valence-corrected chi connectivity index (χ1v) is 22.3. The summed E-state index contributed by atoms with van der Waals surface area (Å²) in [5.74, 6) is 5.43. The molecule has 3 fully saturated rings. The second-order valence-electron chi connectivity index (χ2n) is 19.2. The van der Waals surface area contributed by atoms with Crippen molar-refractivity contribution in [2.24, 2.45) is 35.5 Å². The monoisotopic (exact) mass is 723 g/mol. The summed E-state index contributed by atoms with van der Waals surface area (Å²) in [7, 11) is 0. The van der Waals surface area contributed by atoms with Gasteiger partial charge in [-0.05, 0) is 178 Å². The molecule has 0 unspecified atom stereocenters. The lowest BCUT2D eigenvalue weighted by Gasteiger charge is -2.30. The van der Waals surface area contributed by atoms with Crippen LogP contribution in [-0.4, -0.2) is 0 Å². The van der Waals surface area contributed by atoms with Crippen LogP contribution in [0.2, 0.25) is 0 Å². The quantitative estimate of drug-likeness (QED) is 0.137. The molecule has 0 heteroatoms. The van der Waals surface area contributed by atoms with E-state index in [9.17, 15) is 0 Å². The molecule has 0 aliphatic heterocycles. The van der Waals surface area contributed by atoms with E-state index in [-0.39, 0.29) is 0 Å². The molecule has 3 aromatic carbocycles. The minimum atomic E-state index is 0.642. The third-order valence-electron chi connectivity index (χ3n) is 14.1. The fourth-order valence-electron chi connectivity index (χ4n) is 10.6. The van der Waals surface area contributed by atoms with Gasteiger partial charge in [-0.15, -0.1) is 0 Å². The van der Waals surface area contributed by atoms with Crippen LogP contribution < -0.4 is 0 Å². The summed E-state index contributed by atoms with van der Waals surface area (Å²) in [6.07, 6.45) is 23.3. The first kappa shape index (κ1) is 40.5. The van der Waals surface area contributed by atoms with E-state index in [2.05, 4.69) is 115 Å². The van der Waals surface area contributed by atoms with E-state index in [1.165, 1.54) is 158 Å². The third kappa shape index (κ3) is 11.2. The zero-order chi connectivity index (χ0) is 38.2. The predicted octanol–water partition coefficient (Wildman–Crippen LogP) is 16.0. The molecule has 3 saturated carbocycles. The molecule has 0 aromatic heterocycles. The number of benzene rings is 3. The average molecular weight is 723 g/mol. The lowest BCUT2D eigenvalue weighted by molar-refractivity contribution is 0.277. The molecule has 0 heterocycles. The zero-order valence-electron chi connectivity index (χ0n) is 35.2. The molecule has 3 aliphatic carbocycles. The van der Waals surface area contributed by atoms with Crippen LogP contribution in [0.1, 0.15) is 163 Å². The summed E-state index contributed by atoms with van der Waals surface area (Å²) < 4.78 is 0. The van der Waals surface area contributed by atoms with Crippen molar-refractivity contribution in [3.05, 3.63) is 125 Å². The van der Waals surface area contributed by atoms with Gasteiger partial charge in [0.05, 0.1) is 0 Å². The van der Waals surface area contributed by atoms with Crippen molar-refractivity contribution in [1.29, 1.82) is 0 Å². The number of aryl methyl sites for hydroxylation is 2. The average Bonchev–Trinajstić information content (AvgIpc) is 3.15. The molecule has 3 aliphatic rings. The normalized spacial score (nSPS) is 24.7. The molecule has 0 spiro atoms. The summed E-state index contributed by atoms with van der Waals surface area (Å²) in [6.45, 7) is 25.5. The van der Waals surface area contributed by atoms with Crippen LogP contribution in [0.3, 0.4) is 0 Å². The molecule has 0 bridgehead atoms. The van der Waals surface area contributed by atoms with Gasteiger partial charge in [0.25, 0.3) is 0 Å². The van der Waals surface area contributed by atoms with Crippen molar-refractivity contribution < 1.29 is 0 Å². The maximum atomic E-state index is 4.67. The number of hydrogen-bond donors (Lipinski definition) is 0. The zero-order valence-corrected chi connectivity index (χ0v) is 35.2.